The smallest absolute Gasteiger partial charge is 0.0588 e. The van der Waals surface area contributed by atoms with Crippen molar-refractivity contribution in [1.82, 2.24) is 10.2 Å². The van der Waals surface area contributed by atoms with Crippen LogP contribution in [0, 0.1) is 0 Å². The molecule has 2 aliphatic rings. The van der Waals surface area contributed by atoms with Crippen molar-refractivity contribution >= 4 is 0 Å². The van der Waals surface area contributed by atoms with Crippen LogP contribution in [0.1, 0.15) is 46.5 Å². The molecule has 2 saturated heterocycles. The summed E-state index contributed by atoms with van der Waals surface area (Å²) in [6.45, 7) is 11.5. The number of nitrogens with one attached hydrogen (secondary N) is 1. The maximum absolute atomic E-state index is 5.73. The van der Waals surface area contributed by atoms with Crippen molar-refractivity contribution in [2.24, 2.45) is 0 Å². The molecular formula is C14H28N2O. The molecule has 2 fully saturated rings. The second-order valence-corrected chi connectivity index (χ2v) is 6.00. The van der Waals surface area contributed by atoms with Crippen molar-refractivity contribution in [2.75, 3.05) is 26.2 Å². The van der Waals surface area contributed by atoms with E-state index in [0.29, 0.717) is 17.7 Å². The van der Waals surface area contributed by atoms with Gasteiger partial charge >= 0.3 is 0 Å². The third-order valence-electron chi connectivity index (χ3n) is 4.60. The zero-order valence-corrected chi connectivity index (χ0v) is 11.7. The predicted molar refractivity (Wildman–Crippen MR) is 71.3 cm³/mol. The first-order chi connectivity index (χ1) is 8.14. The van der Waals surface area contributed by atoms with Crippen molar-refractivity contribution in [3.8, 4) is 0 Å². The van der Waals surface area contributed by atoms with E-state index < -0.39 is 0 Å². The Labute approximate surface area is 106 Å². The number of ether oxygens (including phenoxy) is 1. The molecule has 0 aromatic carbocycles. The summed E-state index contributed by atoms with van der Waals surface area (Å²) >= 11 is 0. The Kier molecular flexibility index (Phi) is 4.45. The van der Waals surface area contributed by atoms with Gasteiger partial charge in [0, 0.05) is 37.8 Å². The molecule has 0 saturated carbocycles. The third-order valence-corrected chi connectivity index (χ3v) is 4.60. The Balaban J connectivity index is 1.86. The van der Waals surface area contributed by atoms with Crippen LogP contribution < -0.4 is 5.32 Å². The van der Waals surface area contributed by atoms with Gasteiger partial charge < -0.3 is 10.1 Å². The van der Waals surface area contributed by atoms with Crippen LogP contribution in [0.2, 0.25) is 0 Å². The topological polar surface area (TPSA) is 24.5 Å². The number of rotatable bonds is 4. The summed E-state index contributed by atoms with van der Waals surface area (Å²) in [5, 5.41) is 3.61. The fourth-order valence-electron chi connectivity index (χ4n) is 3.00. The lowest BCUT2D eigenvalue weighted by Crippen LogP contribution is -2.62. The molecule has 0 radical (unpaired) electrons. The minimum absolute atomic E-state index is 0.338. The van der Waals surface area contributed by atoms with Gasteiger partial charge in [-0.1, -0.05) is 6.92 Å². The first kappa shape index (κ1) is 13.3. The molecule has 17 heavy (non-hydrogen) atoms. The van der Waals surface area contributed by atoms with Gasteiger partial charge in [-0.25, -0.2) is 0 Å². The predicted octanol–water partition coefficient (Wildman–Crippen LogP) is 2.02. The Morgan fingerprint density at radius 3 is 2.94 bits per heavy atom. The molecule has 2 heterocycles. The van der Waals surface area contributed by atoms with Crippen LogP contribution in [-0.2, 0) is 4.74 Å². The van der Waals surface area contributed by atoms with Gasteiger partial charge in [0.05, 0.1) is 6.10 Å². The molecule has 3 heteroatoms. The average Bonchev–Trinajstić information content (AvgIpc) is 2.83. The summed E-state index contributed by atoms with van der Waals surface area (Å²) < 4.78 is 5.73. The number of piperazine rings is 1. The minimum atomic E-state index is 0.338. The van der Waals surface area contributed by atoms with E-state index in [1.54, 1.807) is 0 Å². The summed E-state index contributed by atoms with van der Waals surface area (Å²) in [4.78, 5) is 2.68. The van der Waals surface area contributed by atoms with Crippen LogP contribution >= 0.6 is 0 Å². The van der Waals surface area contributed by atoms with E-state index in [1.807, 2.05) is 0 Å². The van der Waals surface area contributed by atoms with Crippen LogP contribution in [0.4, 0.5) is 0 Å². The molecule has 2 rings (SSSR count). The highest BCUT2D eigenvalue weighted by atomic mass is 16.5. The van der Waals surface area contributed by atoms with E-state index in [4.69, 9.17) is 4.74 Å². The Hall–Kier alpha value is -0.120. The van der Waals surface area contributed by atoms with Crippen LogP contribution in [-0.4, -0.2) is 48.8 Å². The second-order valence-electron chi connectivity index (χ2n) is 6.00. The summed E-state index contributed by atoms with van der Waals surface area (Å²) in [7, 11) is 0. The molecule has 0 aromatic heterocycles. The first-order valence-electron chi connectivity index (χ1n) is 7.24. The van der Waals surface area contributed by atoms with E-state index in [-0.39, 0.29) is 0 Å². The highest BCUT2D eigenvalue weighted by Gasteiger charge is 2.35. The van der Waals surface area contributed by atoms with Crippen LogP contribution in [0.15, 0.2) is 0 Å². The maximum atomic E-state index is 5.73. The van der Waals surface area contributed by atoms with Gasteiger partial charge in [0.2, 0.25) is 0 Å². The Morgan fingerprint density at radius 2 is 2.29 bits per heavy atom. The maximum Gasteiger partial charge on any atom is 0.0588 e. The normalized spacial score (nSPS) is 39.7. The average molecular weight is 240 g/mol. The van der Waals surface area contributed by atoms with E-state index >= 15 is 0 Å². The lowest BCUT2D eigenvalue weighted by Gasteiger charge is -2.47. The van der Waals surface area contributed by atoms with Crippen LogP contribution in [0.5, 0.6) is 0 Å². The molecule has 0 bridgehead atoms. The minimum Gasteiger partial charge on any atom is -0.378 e. The number of nitrogens with zero attached hydrogens (tertiary/aromatic N) is 1. The fourth-order valence-corrected chi connectivity index (χ4v) is 3.00. The number of hydrogen-bond acceptors (Lipinski definition) is 3. The molecule has 3 atom stereocenters. The summed E-state index contributed by atoms with van der Waals surface area (Å²) in [6, 6.07) is 0.624. The quantitative estimate of drug-likeness (QED) is 0.813. The molecule has 1 N–H and O–H groups in total. The zero-order valence-electron chi connectivity index (χ0n) is 11.7. The molecule has 2 aliphatic heterocycles. The number of hydrogen-bond donors (Lipinski definition) is 1. The van der Waals surface area contributed by atoms with Gasteiger partial charge in [-0.3, -0.25) is 4.90 Å². The monoisotopic (exact) mass is 240 g/mol. The Bertz CT molecular complexity index is 240. The third kappa shape index (κ3) is 3.21. The second kappa shape index (κ2) is 5.68. The van der Waals surface area contributed by atoms with Gasteiger partial charge in [-0.05, 0) is 39.5 Å². The van der Waals surface area contributed by atoms with Gasteiger partial charge in [0.15, 0.2) is 0 Å². The highest BCUT2D eigenvalue weighted by molar-refractivity contribution is 4.94. The summed E-state index contributed by atoms with van der Waals surface area (Å²) in [5.41, 5.74) is 0.338. The molecule has 3 unspecified atom stereocenters. The summed E-state index contributed by atoms with van der Waals surface area (Å²) in [6.07, 6.45) is 5.49. The molecule has 0 amide bonds. The van der Waals surface area contributed by atoms with Crippen molar-refractivity contribution in [2.45, 2.75) is 64.1 Å². The lowest BCUT2D eigenvalue weighted by atomic mass is 9.92. The molecule has 3 nitrogen and oxygen atoms in total. The van der Waals surface area contributed by atoms with Gasteiger partial charge in [-0.15, -0.1) is 0 Å². The van der Waals surface area contributed by atoms with Crippen LogP contribution in [0.25, 0.3) is 0 Å². The largest absolute Gasteiger partial charge is 0.378 e. The van der Waals surface area contributed by atoms with E-state index in [1.165, 1.54) is 38.8 Å². The Morgan fingerprint density at radius 1 is 1.47 bits per heavy atom. The first-order valence-corrected chi connectivity index (χ1v) is 7.24. The molecule has 100 valence electrons. The fraction of sp³-hybridized carbons (Fsp3) is 1.00. The van der Waals surface area contributed by atoms with Crippen molar-refractivity contribution in [3.05, 3.63) is 0 Å². The molecular weight excluding hydrogens is 212 g/mol. The van der Waals surface area contributed by atoms with Gasteiger partial charge in [0.25, 0.3) is 0 Å². The molecule has 0 spiro atoms. The van der Waals surface area contributed by atoms with Crippen LogP contribution in [0.3, 0.4) is 0 Å². The SMILES string of the molecule is CCC1(C)CNC(C)CN1CCC1CCCO1. The van der Waals surface area contributed by atoms with E-state index in [0.717, 1.165) is 13.2 Å². The molecule has 0 aromatic rings. The molecule has 0 aliphatic carbocycles. The van der Waals surface area contributed by atoms with Gasteiger partial charge in [-0.2, -0.15) is 0 Å². The standard InChI is InChI=1S/C14H28N2O/c1-4-14(3)11-15-12(2)10-16(14)8-7-13-6-5-9-17-13/h12-13,15H,4-11H2,1-3H3. The summed E-state index contributed by atoms with van der Waals surface area (Å²) in [5.74, 6) is 0. The van der Waals surface area contributed by atoms with E-state index in [9.17, 15) is 0 Å². The van der Waals surface area contributed by atoms with Crippen molar-refractivity contribution in [3.63, 3.8) is 0 Å². The van der Waals surface area contributed by atoms with Gasteiger partial charge in [0.1, 0.15) is 0 Å². The zero-order chi connectivity index (χ0) is 12.3. The van der Waals surface area contributed by atoms with Crippen molar-refractivity contribution < 1.29 is 4.74 Å². The highest BCUT2D eigenvalue weighted by Crippen LogP contribution is 2.24. The lowest BCUT2D eigenvalue weighted by molar-refractivity contribution is 0.0298. The van der Waals surface area contributed by atoms with Crippen molar-refractivity contribution in [1.29, 1.82) is 0 Å². The van der Waals surface area contributed by atoms with E-state index in [2.05, 4.69) is 31.0 Å².